The van der Waals surface area contributed by atoms with Crippen LogP contribution in [0, 0.1) is 0 Å². The minimum Gasteiger partial charge on any atom is -0.348 e. The molecule has 134 valence electrons. The average Bonchev–Trinajstić information content (AvgIpc) is 2.91. The van der Waals surface area contributed by atoms with Crippen LogP contribution in [0.25, 0.3) is 0 Å². The van der Waals surface area contributed by atoms with Crippen molar-refractivity contribution < 1.29 is 13.2 Å². The van der Waals surface area contributed by atoms with E-state index in [0.29, 0.717) is 0 Å². The van der Waals surface area contributed by atoms with Crippen LogP contribution in [0.2, 0.25) is 0 Å². The maximum Gasteiger partial charge on any atom is 0.271 e. The predicted molar refractivity (Wildman–Crippen MR) is 98.3 cm³/mol. The van der Waals surface area contributed by atoms with Crippen LogP contribution in [0.3, 0.4) is 0 Å². The molecule has 6 nitrogen and oxygen atoms in total. The summed E-state index contributed by atoms with van der Waals surface area (Å²) in [6, 6.07) is 8.26. The second kappa shape index (κ2) is 7.97. The Hall–Kier alpha value is -1.93. The van der Waals surface area contributed by atoms with Crippen molar-refractivity contribution in [3.63, 3.8) is 0 Å². The molecule has 1 saturated carbocycles. The summed E-state index contributed by atoms with van der Waals surface area (Å²) < 4.78 is 27.0. The Kier molecular flexibility index (Phi) is 5.70. The number of anilines is 1. The number of rotatable bonds is 5. The third-order valence-corrected chi connectivity index (χ3v) is 6.44. The van der Waals surface area contributed by atoms with Crippen LogP contribution in [-0.2, 0) is 10.0 Å². The molecule has 0 aliphatic heterocycles. The maximum absolute atomic E-state index is 12.3. The summed E-state index contributed by atoms with van der Waals surface area (Å²) >= 11 is 1.10. The van der Waals surface area contributed by atoms with Gasteiger partial charge in [-0.2, -0.15) is 0 Å². The van der Waals surface area contributed by atoms with E-state index in [-0.39, 0.29) is 27.7 Å². The smallest absolute Gasteiger partial charge is 0.271 e. The Morgan fingerprint density at radius 2 is 1.76 bits per heavy atom. The summed E-state index contributed by atoms with van der Waals surface area (Å²) in [4.78, 5) is 16.6. The van der Waals surface area contributed by atoms with Crippen LogP contribution >= 0.6 is 11.3 Å². The van der Waals surface area contributed by atoms with Crippen molar-refractivity contribution >= 4 is 32.4 Å². The summed E-state index contributed by atoms with van der Waals surface area (Å²) in [5, 5.41) is 4.78. The number of carbonyl (C=O) groups excluding carboxylic acids is 1. The molecule has 0 spiro atoms. The molecule has 1 aliphatic carbocycles. The molecule has 0 radical (unpaired) electrons. The fraction of sp³-hybridized carbons (Fsp3) is 0.412. The molecule has 1 aromatic carbocycles. The maximum atomic E-state index is 12.3. The third kappa shape index (κ3) is 4.79. The first-order valence-electron chi connectivity index (χ1n) is 8.39. The molecular weight excluding hydrogens is 358 g/mol. The van der Waals surface area contributed by atoms with Gasteiger partial charge in [0.25, 0.3) is 15.9 Å². The lowest BCUT2D eigenvalue weighted by Gasteiger charge is -2.15. The van der Waals surface area contributed by atoms with Gasteiger partial charge in [0, 0.05) is 11.4 Å². The van der Waals surface area contributed by atoms with Crippen LogP contribution in [0.15, 0.2) is 40.6 Å². The highest BCUT2D eigenvalue weighted by Crippen LogP contribution is 2.21. The molecule has 1 heterocycles. The highest BCUT2D eigenvalue weighted by Gasteiger charge is 2.20. The van der Waals surface area contributed by atoms with E-state index in [4.69, 9.17) is 0 Å². The van der Waals surface area contributed by atoms with Crippen LogP contribution in [-0.4, -0.2) is 25.4 Å². The van der Waals surface area contributed by atoms with E-state index < -0.39 is 10.0 Å². The normalized spacial score (nSPS) is 16.2. The topological polar surface area (TPSA) is 88.2 Å². The van der Waals surface area contributed by atoms with E-state index in [1.807, 2.05) is 0 Å². The van der Waals surface area contributed by atoms with Crippen molar-refractivity contribution in [1.29, 1.82) is 0 Å². The van der Waals surface area contributed by atoms with Gasteiger partial charge in [-0.15, -0.1) is 11.3 Å². The second-order valence-electron chi connectivity index (χ2n) is 6.12. The lowest BCUT2D eigenvalue weighted by molar-refractivity contribution is 0.0929. The molecule has 0 bridgehead atoms. The zero-order chi connectivity index (χ0) is 17.7. The molecule has 8 heteroatoms. The van der Waals surface area contributed by atoms with Crippen LogP contribution in [0.1, 0.15) is 49.0 Å². The Bertz CT molecular complexity index is 811. The first-order chi connectivity index (χ1) is 12.0. The summed E-state index contributed by atoms with van der Waals surface area (Å²) in [6.07, 6.45) is 6.67. The summed E-state index contributed by atoms with van der Waals surface area (Å²) in [6.45, 7) is 0. The number of nitrogens with zero attached hydrogens (tertiary/aromatic N) is 1. The van der Waals surface area contributed by atoms with Gasteiger partial charge in [-0.25, -0.2) is 13.4 Å². The van der Waals surface area contributed by atoms with Crippen molar-refractivity contribution in [3.05, 3.63) is 41.4 Å². The number of aromatic nitrogens is 1. The van der Waals surface area contributed by atoms with Gasteiger partial charge in [0.05, 0.1) is 4.90 Å². The van der Waals surface area contributed by atoms with Gasteiger partial charge in [-0.1, -0.05) is 43.9 Å². The van der Waals surface area contributed by atoms with E-state index in [1.54, 1.807) is 23.6 Å². The van der Waals surface area contributed by atoms with Crippen LogP contribution in [0.4, 0.5) is 5.13 Å². The number of hydrogen-bond donors (Lipinski definition) is 2. The van der Waals surface area contributed by atoms with E-state index in [0.717, 1.165) is 37.0 Å². The number of hydrogen-bond acceptors (Lipinski definition) is 5. The molecule has 2 N–H and O–H groups in total. The molecule has 25 heavy (non-hydrogen) atoms. The Balaban J connectivity index is 1.64. The molecular formula is C17H21N3O3S2. The van der Waals surface area contributed by atoms with Gasteiger partial charge in [0.15, 0.2) is 5.13 Å². The van der Waals surface area contributed by atoms with Crippen LogP contribution in [0.5, 0.6) is 0 Å². The lowest BCUT2D eigenvalue weighted by Crippen LogP contribution is -2.34. The predicted octanol–water partition coefficient (Wildman–Crippen LogP) is 3.40. The summed E-state index contributed by atoms with van der Waals surface area (Å²) in [7, 11) is -3.69. The van der Waals surface area contributed by atoms with Gasteiger partial charge in [-0.3, -0.25) is 9.52 Å². The Labute approximate surface area is 151 Å². The number of sulfonamides is 1. The van der Waals surface area contributed by atoms with Gasteiger partial charge in [-0.05, 0) is 25.0 Å². The minimum absolute atomic E-state index is 0.162. The second-order valence-corrected chi connectivity index (χ2v) is 8.66. The molecule has 0 saturated heterocycles. The lowest BCUT2D eigenvalue weighted by atomic mass is 10.1. The summed E-state index contributed by atoms with van der Waals surface area (Å²) in [5.41, 5.74) is 0.250. The van der Waals surface area contributed by atoms with E-state index in [1.165, 1.54) is 25.0 Å². The Morgan fingerprint density at radius 1 is 1.08 bits per heavy atom. The number of carbonyl (C=O) groups is 1. The van der Waals surface area contributed by atoms with Crippen molar-refractivity contribution in [2.24, 2.45) is 0 Å². The fourth-order valence-corrected chi connectivity index (χ4v) is 4.85. The van der Waals surface area contributed by atoms with E-state index in [9.17, 15) is 13.2 Å². The SMILES string of the molecule is O=C(NC1CCCCCC1)c1csc(NS(=O)(=O)c2ccccc2)n1. The quantitative estimate of drug-likeness (QED) is 0.780. The molecule has 1 amide bonds. The van der Waals surface area contributed by atoms with Gasteiger partial charge >= 0.3 is 0 Å². The van der Waals surface area contributed by atoms with Gasteiger partial charge < -0.3 is 5.32 Å². The Morgan fingerprint density at radius 3 is 2.44 bits per heavy atom. The highest BCUT2D eigenvalue weighted by atomic mass is 32.2. The third-order valence-electron chi connectivity index (χ3n) is 4.20. The van der Waals surface area contributed by atoms with Gasteiger partial charge in [0.2, 0.25) is 0 Å². The van der Waals surface area contributed by atoms with Crippen molar-refractivity contribution in [2.75, 3.05) is 4.72 Å². The summed E-state index contributed by atoms with van der Waals surface area (Å²) in [5.74, 6) is -0.242. The number of benzene rings is 1. The zero-order valence-corrected chi connectivity index (χ0v) is 15.4. The van der Waals surface area contributed by atoms with E-state index >= 15 is 0 Å². The zero-order valence-electron chi connectivity index (χ0n) is 13.8. The van der Waals surface area contributed by atoms with E-state index in [2.05, 4.69) is 15.0 Å². The molecule has 2 aromatic rings. The first-order valence-corrected chi connectivity index (χ1v) is 10.8. The van der Waals surface area contributed by atoms with Crippen LogP contribution < -0.4 is 10.0 Å². The minimum atomic E-state index is -3.69. The molecule has 1 aromatic heterocycles. The van der Waals surface area contributed by atoms with Crippen molar-refractivity contribution in [2.45, 2.75) is 49.5 Å². The standard InChI is InChI=1S/C17H21N3O3S2/c21-16(18-13-8-4-1-2-5-9-13)15-12-24-17(19-15)20-25(22,23)14-10-6-3-7-11-14/h3,6-7,10-13H,1-2,4-5,8-9H2,(H,18,21)(H,19,20). The largest absolute Gasteiger partial charge is 0.348 e. The monoisotopic (exact) mass is 379 g/mol. The molecule has 0 atom stereocenters. The fourth-order valence-electron chi connectivity index (χ4n) is 2.88. The molecule has 1 fully saturated rings. The first kappa shape index (κ1) is 17.9. The molecule has 0 unspecified atom stereocenters. The van der Waals surface area contributed by atoms with Crippen molar-refractivity contribution in [3.8, 4) is 0 Å². The number of amides is 1. The average molecular weight is 380 g/mol. The highest BCUT2D eigenvalue weighted by molar-refractivity contribution is 7.93. The molecule has 3 rings (SSSR count). The number of nitrogens with one attached hydrogen (secondary N) is 2. The molecule has 1 aliphatic rings. The van der Waals surface area contributed by atoms with Crippen molar-refractivity contribution in [1.82, 2.24) is 10.3 Å². The van der Waals surface area contributed by atoms with Gasteiger partial charge in [0.1, 0.15) is 5.69 Å². The number of thiazole rings is 1.